The minimum absolute atomic E-state index is 0.372. The molecule has 0 aliphatic carbocycles. The molecule has 0 amide bonds. The number of rotatable bonds is 13. The van der Waals surface area contributed by atoms with Crippen LogP contribution >= 0.6 is 0 Å². The lowest BCUT2D eigenvalue weighted by molar-refractivity contribution is -0.121. The molecule has 2 unspecified atom stereocenters. The van der Waals surface area contributed by atoms with Gasteiger partial charge in [-0.1, -0.05) is 32.9 Å². The Balaban J connectivity index is 1.36. The first-order chi connectivity index (χ1) is 11.7. The average molecular weight is 338 g/mol. The number of ether oxygens (including phenoxy) is 4. The second kappa shape index (κ2) is 8.53. The summed E-state index contributed by atoms with van der Waals surface area (Å²) in [5.41, 5.74) is 0.944. The van der Waals surface area contributed by atoms with Crippen LogP contribution in [-0.4, -0.2) is 59.1 Å². The Labute approximate surface area is 148 Å². The summed E-state index contributed by atoms with van der Waals surface area (Å²) in [6, 6.07) is 0. The maximum Gasteiger partial charge on any atom is 0.124 e. The molecular formula is C19H35BO4. The van der Waals surface area contributed by atoms with Crippen LogP contribution in [0.4, 0.5) is 0 Å². The highest BCUT2D eigenvalue weighted by molar-refractivity contribution is 6.35. The highest BCUT2D eigenvalue weighted by Crippen LogP contribution is 2.38. The number of hydrogen-bond acceptors (Lipinski definition) is 4. The first-order valence-electron chi connectivity index (χ1n) is 10.1. The standard InChI is InChI=1S/C19H35BO4/c1-3-18(12-21-13-18)7-5-6-16(23-9-17-10-24-17)8-20-11-19(4-2)14-22-15-19/h16-17,20H,3-15H2,1-2H3. The third-order valence-corrected chi connectivity index (χ3v) is 6.52. The van der Waals surface area contributed by atoms with Crippen molar-refractivity contribution in [2.24, 2.45) is 10.8 Å². The first-order valence-corrected chi connectivity index (χ1v) is 10.1. The van der Waals surface area contributed by atoms with Crippen molar-refractivity contribution in [3.8, 4) is 0 Å². The van der Waals surface area contributed by atoms with Crippen LogP contribution in [0, 0.1) is 10.8 Å². The molecule has 4 nitrogen and oxygen atoms in total. The van der Waals surface area contributed by atoms with Crippen molar-refractivity contribution in [1.82, 2.24) is 0 Å². The van der Waals surface area contributed by atoms with E-state index in [0.29, 0.717) is 23.0 Å². The summed E-state index contributed by atoms with van der Waals surface area (Å²) in [6.07, 6.45) is 9.46. The van der Waals surface area contributed by atoms with E-state index in [1.165, 1.54) is 52.0 Å². The van der Waals surface area contributed by atoms with Gasteiger partial charge in [0, 0.05) is 10.8 Å². The predicted octanol–water partition coefficient (Wildman–Crippen LogP) is 3.07. The Bertz CT molecular complexity index is 339. The van der Waals surface area contributed by atoms with Crippen LogP contribution in [0.3, 0.4) is 0 Å². The normalized spacial score (nSPS) is 27.8. The van der Waals surface area contributed by atoms with Crippen molar-refractivity contribution >= 4 is 7.28 Å². The summed E-state index contributed by atoms with van der Waals surface area (Å²) in [4.78, 5) is 0. The van der Waals surface area contributed by atoms with E-state index in [1.54, 1.807) is 0 Å². The van der Waals surface area contributed by atoms with Crippen molar-refractivity contribution in [2.45, 2.75) is 70.8 Å². The van der Waals surface area contributed by atoms with E-state index in [0.717, 1.165) is 39.6 Å². The molecule has 3 saturated heterocycles. The van der Waals surface area contributed by atoms with Crippen LogP contribution < -0.4 is 0 Å². The first kappa shape index (κ1) is 18.7. The van der Waals surface area contributed by atoms with Gasteiger partial charge in [0.1, 0.15) is 13.4 Å². The Kier molecular flexibility index (Phi) is 6.64. The maximum atomic E-state index is 6.18. The minimum atomic E-state index is 0.372. The smallest absolute Gasteiger partial charge is 0.124 e. The van der Waals surface area contributed by atoms with Crippen LogP contribution in [0.15, 0.2) is 0 Å². The Morgan fingerprint density at radius 3 is 2.25 bits per heavy atom. The zero-order chi connectivity index (χ0) is 16.9. The van der Waals surface area contributed by atoms with Gasteiger partial charge >= 0.3 is 0 Å². The predicted molar refractivity (Wildman–Crippen MR) is 97.2 cm³/mol. The van der Waals surface area contributed by atoms with E-state index in [1.807, 2.05) is 0 Å². The highest BCUT2D eigenvalue weighted by Gasteiger charge is 2.37. The molecule has 0 aromatic heterocycles. The largest absolute Gasteiger partial charge is 0.380 e. The maximum absolute atomic E-state index is 6.18. The molecule has 0 aromatic rings. The highest BCUT2D eigenvalue weighted by atomic mass is 16.6. The van der Waals surface area contributed by atoms with Gasteiger partial charge in [-0.15, -0.1) is 0 Å². The molecule has 5 heteroatoms. The summed E-state index contributed by atoms with van der Waals surface area (Å²) in [6.45, 7) is 10.1. The molecule has 0 N–H and O–H groups in total. The van der Waals surface area contributed by atoms with Crippen molar-refractivity contribution in [2.75, 3.05) is 39.6 Å². The molecule has 24 heavy (non-hydrogen) atoms. The molecule has 3 heterocycles. The number of epoxide rings is 1. The Morgan fingerprint density at radius 2 is 1.75 bits per heavy atom. The second-order valence-corrected chi connectivity index (χ2v) is 8.39. The van der Waals surface area contributed by atoms with Gasteiger partial charge in [0.15, 0.2) is 0 Å². The molecule has 3 rings (SSSR count). The third-order valence-electron chi connectivity index (χ3n) is 6.52. The van der Waals surface area contributed by atoms with Gasteiger partial charge < -0.3 is 18.9 Å². The van der Waals surface area contributed by atoms with Crippen molar-refractivity contribution < 1.29 is 18.9 Å². The third kappa shape index (κ3) is 4.97. The fourth-order valence-corrected chi connectivity index (χ4v) is 3.96. The van der Waals surface area contributed by atoms with E-state index in [4.69, 9.17) is 18.9 Å². The summed E-state index contributed by atoms with van der Waals surface area (Å²) >= 11 is 0. The van der Waals surface area contributed by atoms with Gasteiger partial charge in [-0.05, 0) is 25.7 Å². The molecular weight excluding hydrogens is 303 g/mol. The van der Waals surface area contributed by atoms with Gasteiger partial charge in [0.2, 0.25) is 0 Å². The van der Waals surface area contributed by atoms with Gasteiger partial charge in [-0.2, -0.15) is 0 Å². The average Bonchev–Trinajstić information content (AvgIpc) is 3.33. The van der Waals surface area contributed by atoms with Crippen LogP contribution in [0.1, 0.15) is 46.0 Å². The summed E-state index contributed by atoms with van der Waals surface area (Å²) in [7, 11) is 1.26. The van der Waals surface area contributed by atoms with Gasteiger partial charge in [0.05, 0.1) is 45.7 Å². The van der Waals surface area contributed by atoms with Gasteiger partial charge in [-0.25, -0.2) is 0 Å². The molecule has 3 aliphatic rings. The molecule has 0 aromatic carbocycles. The molecule has 0 bridgehead atoms. The van der Waals surface area contributed by atoms with Gasteiger partial charge in [-0.3, -0.25) is 0 Å². The summed E-state index contributed by atoms with van der Waals surface area (Å²) < 4.78 is 22.4. The molecule has 0 radical (unpaired) electrons. The molecule has 3 fully saturated rings. The number of hydrogen-bond donors (Lipinski definition) is 0. The fraction of sp³-hybridized carbons (Fsp3) is 1.00. The van der Waals surface area contributed by atoms with Crippen molar-refractivity contribution in [1.29, 1.82) is 0 Å². The van der Waals surface area contributed by atoms with E-state index >= 15 is 0 Å². The summed E-state index contributed by atoms with van der Waals surface area (Å²) in [5.74, 6) is 0. The zero-order valence-electron chi connectivity index (χ0n) is 15.7. The molecule has 0 spiro atoms. The molecule has 0 saturated carbocycles. The lowest BCUT2D eigenvalue weighted by Gasteiger charge is -2.41. The summed E-state index contributed by atoms with van der Waals surface area (Å²) in [5, 5.41) is 0. The SMILES string of the molecule is CCC1(CBCC(CCCC2(CC)COC2)OCC2CO2)COC1. The Morgan fingerprint density at radius 1 is 1.08 bits per heavy atom. The topological polar surface area (TPSA) is 40.2 Å². The van der Waals surface area contributed by atoms with Crippen LogP contribution in [0.2, 0.25) is 12.6 Å². The fourth-order valence-electron chi connectivity index (χ4n) is 3.96. The lowest BCUT2D eigenvalue weighted by Crippen LogP contribution is -2.43. The van der Waals surface area contributed by atoms with E-state index in [2.05, 4.69) is 13.8 Å². The van der Waals surface area contributed by atoms with Crippen LogP contribution in [0.5, 0.6) is 0 Å². The van der Waals surface area contributed by atoms with E-state index in [-0.39, 0.29) is 0 Å². The minimum Gasteiger partial charge on any atom is -0.380 e. The van der Waals surface area contributed by atoms with Gasteiger partial charge in [0.25, 0.3) is 0 Å². The zero-order valence-corrected chi connectivity index (χ0v) is 15.7. The van der Waals surface area contributed by atoms with Crippen LogP contribution in [0.25, 0.3) is 0 Å². The quantitative estimate of drug-likeness (QED) is 0.382. The molecule has 2 atom stereocenters. The monoisotopic (exact) mass is 338 g/mol. The van der Waals surface area contributed by atoms with E-state index < -0.39 is 0 Å². The van der Waals surface area contributed by atoms with Crippen molar-refractivity contribution in [3.05, 3.63) is 0 Å². The Hall–Kier alpha value is -0.0951. The molecule has 138 valence electrons. The second-order valence-electron chi connectivity index (χ2n) is 8.39. The van der Waals surface area contributed by atoms with Crippen molar-refractivity contribution in [3.63, 3.8) is 0 Å². The lowest BCUT2D eigenvalue weighted by atomic mass is 9.58. The van der Waals surface area contributed by atoms with Crippen LogP contribution in [-0.2, 0) is 18.9 Å². The van der Waals surface area contributed by atoms with E-state index in [9.17, 15) is 0 Å². The molecule has 3 aliphatic heterocycles.